The van der Waals surface area contributed by atoms with Crippen molar-refractivity contribution in [2.75, 3.05) is 0 Å². The van der Waals surface area contributed by atoms with Crippen LogP contribution in [-0.2, 0) is 18.3 Å². The largest absolute Gasteiger partial charge is 0.350 e. The minimum absolute atomic E-state index is 0.261. The third-order valence-corrected chi connectivity index (χ3v) is 4.13. The van der Waals surface area contributed by atoms with E-state index in [1.165, 1.54) is 22.0 Å². The van der Waals surface area contributed by atoms with Crippen LogP contribution in [-0.4, -0.2) is 10.4 Å². The van der Waals surface area contributed by atoms with E-state index >= 15 is 0 Å². The molecule has 0 amide bonds. The van der Waals surface area contributed by atoms with Gasteiger partial charge in [0.2, 0.25) is 0 Å². The van der Waals surface area contributed by atoms with Gasteiger partial charge in [0.1, 0.15) is 5.78 Å². The van der Waals surface area contributed by atoms with E-state index < -0.39 is 0 Å². The summed E-state index contributed by atoms with van der Waals surface area (Å²) in [6.07, 6.45) is 6.04. The number of rotatable bonds is 2. The second kappa shape index (κ2) is 4.27. The number of hydrogen-bond acceptors (Lipinski definition) is 1. The molecular formula is C16H19NO. The summed E-state index contributed by atoms with van der Waals surface area (Å²) in [5.74, 6) is 0.719. The van der Waals surface area contributed by atoms with Crippen LogP contribution in [0.1, 0.15) is 30.4 Å². The molecule has 94 valence electrons. The predicted molar refractivity (Wildman–Crippen MR) is 73.7 cm³/mol. The van der Waals surface area contributed by atoms with Gasteiger partial charge in [0.25, 0.3) is 0 Å². The van der Waals surface area contributed by atoms with Crippen molar-refractivity contribution in [1.82, 2.24) is 4.57 Å². The standard InChI is InChI=1S/C16H19NO/c1-11-6-7-14-13(10-17(2)15(14)8-11)9-12-4-3-5-16(12)18/h6-8,10,12H,3-5,9H2,1-2H3. The Labute approximate surface area is 108 Å². The van der Waals surface area contributed by atoms with Crippen LogP contribution >= 0.6 is 0 Å². The van der Waals surface area contributed by atoms with Gasteiger partial charge in [-0.2, -0.15) is 0 Å². The molecule has 1 aromatic carbocycles. The van der Waals surface area contributed by atoms with Crippen LogP contribution in [0.25, 0.3) is 10.9 Å². The first-order valence-corrected chi connectivity index (χ1v) is 6.72. The highest BCUT2D eigenvalue weighted by molar-refractivity contribution is 5.87. The second-order valence-corrected chi connectivity index (χ2v) is 5.55. The zero-order valence-electron chi connectivity index (χ0n) is 11.1. The molecule has 1 saturated carbocycles. The maximum Gasteiger partial charge on any atom is 0.136 e. The lowest BCUT2D eigenvalue weighted by molar-refractivity contribution is -0.120. The summed E-state index contributed by atoms with van der Waals surface area (Å²) in [6, 6.07) is 6.57. The Morgan fingerprint density at radius 3 is 2.94 bits per heavy atom. The Kier molecular flexibility index (Phi) is 2.73. The number of hydrogen-bond donors (Lipinski definition) is 0. The van der Waals surface area contributed by atoms with Crippen LogP contribution in [0.3, 0.4) is 0 Å². The van der Waals surface area contributed by atoms with E-state index in [0.29, 0.717) is 5.78 Å². The van der Waals surface area contributed by atoms with E-state index in [-0.39, 0.29) is 5.92 Å². The van der Waals surface area contributed by atoms with Gasteiger partial charge in [-0.05, 0) is 43.4 Å². The SMILES string of the molecule is Cc1ccc2c(CC3CCCC3=O)cn(C)c2c1. The summed E-state index contributed by atoms with van der Waals surface area (Å²) in [4.78, 5) is 11.8. The zero-order chi connectivity index (χ0) is 12.7. The van der Waals surface area contributed by atoms with Crippen molar-refractivity contribution in [2.24, 2.45) is 13.0 Å². The highest BCUT2D eigenvalue weighted by atomic mass is 16.1. The van der Waals surface area contributed by atoms with Gasteiger partial charge in [-0.25, -0.2) is 0 Å². The molecule has 0 saturated heterocycles. The Morgan fingerprint density at radius 1 is 1.39 bits per heavy atom. The fourth-order valence-electron chi connectivity index (χ4n) is 3.11. The monoisotopic (exact) mass is 241 g/mol. The maximum absolute atomic E-state index is 11.8. The van der Waals surface area contributed by atoms with Crippen molar-refractivity contribution in [3.05, 3.63) is 35.5 Å². The van der Waals surface area contributed by atoms with Gasteiger partial charge in [0, 0.05) is 36.5 Å². The zero-order valence-corrected chi connectivity index (χ0v) is 11.1. The molecule has 0 N–H and O–H groups in total. The number of Topliss-reactive ketones (excluding diaryl/α,β-unsaturated/α-hetero) is 1. The lowest BCUT2D eigenvalue weighted by atomic mass is 9.97. The van der Waals surface area contributed by atoms with E-state index in [4.69, 9.17) is 0 Å². The summed E-state index contributed by atoms with van der Waals surface area (Å²) in [7, 11) is 2.09. The first-order chi connectivity index (χ1) is 8.65. The highest BCUT2D eigenvalue weighted by Gasteiger charge is 2.25. The first kappa shape index (κ1) is 11.5. The molecule has 2 aromatic rings. The quantitative estimate of drug-likeness (QED) is 0.790. The average Bonchev–Trinajstić information content (AvgIpc) is 2.86. The Morgan fingerprint density at radius 2 is 2.22 bits per heavy atom. The predicted octanol–water partition coefficient (Wildman–Crippen LogP) is 3.40. The molecule has 1 aromatic heterocycles. The van der Waals surface area contributed by atoms with Crippen LogP contribution in [0.4, 0.5) is 0 Å². The summed E-state index contributed by atoms with van der Waals surface area (Å²) < 4.78 is 2.18. The molecule has 1 aliphatic rings. The number of aromatic nitrogens is 1. The van der Waals surface area contributed by atoms with Crippen LogP contribution in [0.5, 0.6) is 0 Å². The molecule has 0 aliphatic heterocycles. The summed E-state index contributed by atoms with van der Waals surface area (Å²) in [5.41, 5.74) is 3.88. The number of benzene rings is 1. The number of carbonyl (C=O) groups is 1. The van der Waals surface area contributed by atoms with Crippen molar-refractivity contribution in [3.63, 3.8) is 0 Å². The van der Waals surface area contributed by atoms with E-state index in [1.807, 2.05) is 0 Å². The Balaban J connectivity index is 1.99. The molecule has 1 unspecified atom stereocenters. The van der Waals surface area contributed by atoms with Gasteiger partial charge in [-0.15, -0.1) is 0 Å². The number of fused-ring (bicyclic) bond motifs is 1. The van der Waals surface area contributed by atoms with E-state index in [9.17, 15) is 4.79 Å². The fraction of sp³-hybridized carbons (Fsp3) is 0.438. The Hall–Kier alpha value is -1.57. The molecule has 1 aliphatic carbocycles. The molecule has 0 spiro atoms. The van der Waals surface area contributed by atoms with Gasteiger partial charge in [0.15, 0.2) is 0 Å². The molecule has 3 rings (SSSR count). The van der Waals surface area contributed by atoms with Crippen LogP contribution in [0.2, 0.25) is 0 Å². The van der Waals surface area contributed by atoms with E-state index in [1.54, 1.807) is 0 Å². The fourth-order valence-corrected chi connectivity index (χ4v) is 3.11. The maximum atomic E-state index is 11.8. The number of nitrogens with zero attached hydrogens (tertiary/aromatic N) is 1. The average molecular weight is 241 g/mol. The molecule has 2 nitrogen and oxygen atoms in total. The van der Waals surface area contributed by atoms with Crippen molar-refractivity contribution >= 4 is 16.7 Å². The normalized spacial score (nSPS) is 19.9. The molecular weight excluding hydrogens is 222 g/mol. The second-order valence-electron chi connectivity index (χ2n) is 5.55. The molecule has 1 heterocycles. The molecule has 1 atom stereocenters. The first-order valence-electron chi connectivity index (χ1n) is 6.72. The summed E-state index contributed by atoms with van der Waals surface area (Å²) in [6.45, 7) is 2.12. The lowest BCUT2D eigenvalue weighted by Gasteiger charge is -2.06. The third-order valence-electron chi connectivity index (χ3n) is 4.13. The smallest absolute Gasteiger partial charge is 0.136 e. The molecule has 1 fully saturated rings. The van der Waals surface area contributed by atoms with Crippen molar-refractivity contribution in [3.8, 4) is 0 Å². The van der Waals surface area contributed by atoms with Gasteiger partial charge >= 0.3 is 0 Å². The minimum atomic E-state index is 0.261. The Bertz CT molecular complexity index is 609. The van der Waals surface area contributed by atoms with Gasteiger partial charge in [-0.3, -0.25) is 4.79 Å². The highest BCUT2D eigenvalue weighted by Crippen LogP contribution is 2.29. The lowest BCUT2D eigenvalue weighted by Crippen LogP contribution is -2.09. The van der Waals surface area contributed by atoms with Gasteiger partial charge in [0.05, 0.1) is 0 Å². The molecule has 0 bridgehead atoms. The topological polar surface area (TPSA) is 22.0 Å². The van der Waals surface area contributed by atoms with Crippen LogP contribution in [0, 0.1) is 12.8 Å². The van der Waals surface area contributed by atoms with Crippen LogP contribution < -0.4 is 0 Å². The molecule has 0 radical (unpaired) electrons. The van der Waals surface area contributed by atoms with Crippen LogP contribution in [0.15, 0.2) is 24.4 Å². The number of ketones is 1. The van der Waals surface area contributed by atoms with Gasteiger partial charge in [-0.1, -0.05) is 12.1 Å². The van der Waals surface area contributed by atoms with E-state index in [2.05, 4.69) is 42.9 Å². The molecule has 18 heavy (non-hydrogen) atoms. The molecule has 2 heteroatoms. The number of aryl methyl sites for hydroxylation is 2. The summed E-state index contributed by atoms with van der Waals surface area (Å²) in [5, 5.41) is 1.31. The number of carbonyl (C=O) groups excluding carboxylic acids is 1. The minimum Gasteiger partial charge on any atom is -0.350 e. The van der Waals surface area contributed by atoms with Gasteiger partial charge < -0.3 is 4.57 Å². The third kappa shape index (κ3) is 1.86. The van der Waals surface area contributed by atoms with Crippen molar-refractivity contribution in [1.29, 1.82) is 0 Å². The van der Waals surface area contributed by atoms with Crippen molar-refractivity contribution in [2.45, 2.75) is 32.6 Å². The van der Waals surface area contributed by atoms with E-state index in [0.717, 1.165) is 25.7 Å². The summed E-state index contributed by atoms with van der Waals surface area (Å²) >= 11 is 0. The van der Waals surface area contributed by atoms with Crippen molar-refractivity contribution < 1.29 is 4.79 Å².